The lowest BCUT2D eigenvalue weighted by atomic mass is 10.1. The number of piperazine rings is 1. The van der Waals surface area contributed by atoms with E-state index in [0.29, 0.717) is 25.9 Å². The summed E-state index contributed by atoms with van der Waals surface area (Å²) < 4.78 is 0. The maximum absolute atomic E-state index is 12.1. The Balaban J connectivity index is 1.46. The molecule has 21 heavy (non-hydrogen) atoms. The van der Waals surface area contributed by atoms with Crippen LogP contribution in [-0.4, -0.2) is 59.7 Å². The number of anilines is 1. The van der Waals surface area contributed by atoms with Crippen molar-refractivity contribution >= 4 is 28.5 Å². The second-order valence-corrected chi connectivity index (χ2v) is 6.41. The Labute approximate surface area is 126 Å². The molecule has 1 saturated carbocycles. The maximum Gasteiger partial charge on any atom is 0.317 e. The van der Waals surface area contributed by atoms with Gasteiger partial charge in [-0.1, -0.05) is 0 Å². The van der Waals surface area contributed by atoms with Crippen LogP contribution in [0.2, 0.25) is 0 Å². The average molecular weight is 310 g/mol. The molecule has 2 amide bonds. The number of aliphatic carboxylic acids is 1. The summed E-state index contributed by atoms with van der Waals surface area (Å²) in [5.74, 6) is -0.809. The lowest BCUT2D eigenvalue weighted by Gasteiger charge is -2.34. The SMILES string of the molecule is O=C(NCC1(C(=O)O)CC1)N1CCN(c2nccs2)CC1. The zero-order chi connectivity index (χ0) is 14.9. The van der Waals surface area contributed by atoms with E-state index in [0.717, 1.165) is 18.2 Å². The van der Waals surface area contributed by atoms with Crippen molar-refractivity contribution in [3.8, 4) is 0 Å². The predicted octanol–water partition coefficient (Wildman–Crippen LogP) is 0.839. The first-order valence-corrected chi connectivity index (χ1v) is 7.89. The first-order chi connectivity index (χ1) is 10.1. The van der Waals surface area contributed by atoms with Crippen LogP contribution in [0.4, 0.5) is 9.93 Å². The van der Waals surface area contributed by atoms with E-state index in [2.05, 4.69) is 15.2 Å². The molecule has 1 aromatic rings. The quantitative estimate of drug-likeness (QED) is 0.861. The van der Waals surface area contributed by atoms with Gasteiger partial charge in [0.15, 0.2) is 5.13 Å². The first-order valence-electron chi connectivity index (χ1n) is 7.01. The number of hydrogen-bond acceptors (Lipinski definition) is 5. The van der Waals surface area contributed by atoms with Crippen LogP contribution in [-0.2, 0) is 4.79 Å². The normalized spacial score (nSPS) is 20.2. The van der Waals surface area contributed by atoms with Gasteiger partial charge in [-0.3, -0.25) is 4.79 Å². The lowest BCUT2D eigenvalue weighted by molar-refractivity contribution is -0.143. The minimum atomic E-state index is -0.809. The molecule has 0 atom stereocenters. The van der Waals surface area contributed by atoms with Crippen molar-refractivity contribution in [2.75, 3.05) is 37.6 Å². The number of carbonyl (C=O) groups is 2. The Bertz CT molecular complexity index is 522. The van der Waals surface area contributed by atoms with Gasteiger partial charge in [-0.25, -0.2) is 9.78 Å². The third kappa shape index (κ3) is 2.94. The van der Waals surface area contributed by atoms with Crippen molar-refractivity contribution < 1.29 is 14.7 Å². The number of aromatic nitrogens is 1. The van der Waals surface area contributed by atoms with E-state index in [9.17, 15) is 9.59 Å². The number of carboxylic acid groups (broad SMARTS) is 1. The van der Waals surface area contributed by atoms with Gasteiger partial charge >= 0.3 is 12.0 Å². The molecular formula is C13H18N4O3S. The molecule has 2 fully saturated rings. The van der Waals surface area contributed by atoms with Crippen LogP contribution in [0, 0.1) is 5.41 Å². The van der Waals surface area contributed by atoms with Crippen LogP contribution in [0.15, 0.2) is 11.6 Å². The Morgan fingerprint density at radius 2 is 2.05 bits per heavy atom. The van der Waals surface area contributed by atoms with Crippen LogP contribution in [0.3, 0.4) is 0 Å². The Kier molecular flexibility index (Phi) is 3.71. The van der Waals surface area contributed by atoms with Crippen LogP contribution in [0.25, 0.3) is 0 Å². The third-order valence-electron chi connectivity index (χ3n) is 4.14. The summed E-state index contributed by atoms with van der Waals surface area (Å²) in [6.07, 6.45) is 3.08. The van der Waals surface area contributed by atoms with Gasteiger partial charge in [0.05, 0.1) is 5.41 Å². The summed E-state index contributed by atoms with van der Waals surface area (Å²) in [4.78, 5) is 31.3. The smallest absolute Gasteiger partial charge is 0.317 e. The Morgan fingerprint density at radius 3 is 2.57 bits per heavy atom. The molecule has 2 heterocycles. The molecule has 2 aliphatic rings. The number of nitrogens with zero attached hydrogens (tertiary/aromatic N) is 3. The van der Waals surface area contributed by atoms with E-state index in [4.69, 9.17) is 5.11 Å². The number of amides is 2. The standard InChI is InChI=1S/C13H18N4O3S/c18-10(19)13(1-2-13)9-15-11(20)16-4-6-17(7-5-16)12-14-3-8-21-12/h3,8H,1-2,4-7,9H2,(H,15,20)(H,18,19). The van der Waals surface area contributed by atoms with Gasteiger partial charge < -0.3 is 20.2 Å². The number of carbonyl (C=O) groups excluding carboxylic acids is 1. The second-order valence-electron chi connectivity index (χ2n) is 5.53. The molecule has 7 nitrogen and oxygen atoms in total. The number of carboxylic acids is 1. The van der Waals surface area contributed by atoms with Crippen LogP contribution in [0.1, 0.15) is 12.8 Å². The molecule has 0 bridgehead atoms. The molecular weight excluding hydrogens is 292 g/mol. The van der Waals surface area contributed by atoms with Gasteiger partial charge in [0, 0.05) is 44.3 Å². The zero-order valence-electron chi connectivity index (χ0n) is 11.6. The molecule has 0 radical (unpaired) electrons. The summed E-state index contributed by atoms with van der Waals surface area (Å²) in [5, 5.41) is 14.8. The molecule has 1 aliphatic carbocycles. The summed E-state index contributed by atoms with van der Waals surface area (Å²) in [5.41, 5.74) is -0.710. The van der Waals surface area contributed by atoms with E-state index >= 15 is 0 Å². The highest BCUT2D eigenvalue weighted by Crippen LogP contribution is 2.45. The van der Waals surface area contributed by atoms with E-state index in [1.54, 1.807) is 22.4 Å². The van der Waals surface area contributed by atoms with E-state index < -0.39 is 11.4 Å². The topological polar surface area (TPSA) is 85.8 Å². The summed E-state index contributed by atoms with van der Waals surface area (Å²) in [6.45, 7) is 3.00. The highest BCUT2D eigenvalue weighted by molar-refractivity contribution is 7.13. The third-order valence-corrected chi connectivity index (χ3v) is 4.97. The van der Waals surface area contributed by atoms with Crippen LogP contribution >= 0.6 is 11.3 Å². The van der Waals surface area contributed by atoms with Gasteiger partial charge in [0.25, 0.3) is 0 Å². The largest absolute Gasteiger partial charge is 0.481 e. The van der Waals surface area contributed by atoms with Crippen LogP contribution in [0.5, 0.6) is 0 Å². The van der Waals surface area contributed by atoms with Gasteiger partial charge in [-0.05, 0) is 12.8 Å². The van der Waals surface area contributed by atoms with Gasteiger partial charge in [-0.2, -0.15) is 0 Å². The minimum absolute atomic E-state index is 0.165. The van der Waals surface area contributed by atoms with E-state index in [1.807, 2.05) is 5.38 Å². The molecule has 1 aromatic heterocycles. The molecule has 2 N–H and O–H groups in total. The van der Waals surface area contributed by atoms with Crippen molar-refractivity contribution in [3.63, 3.8) is 0 Å². The molecule has 1 aliphatic heterocycles. The number of thiazole rings is 1. The fraction of sp³-hybridized carbons (Fsp3) is 0.615. The lowest BCUT2D eigenvalue weighted by Crippen LogP contribution is -2.52. The first kappa shape index (κ1) is 14.1. The number of urea groups is 1. The zero-order valence-corrected chi connectivity index (χ0v) is 12.4. The molecule has 8 heteroatoms. The monoisotopic (exact) mass is 310 g/mol. The van der Waals surface area contributed by atoms with Crippen molar-refractivity contribution in [2.24, 2.45) is 5.41 Å². The maximum atomic E-state index is 12.1. The van der Waals surface area contributed by atoms with Gasteiger partial charge in [0.2, 0.25) is 0 Å². The summed E-state index contributed by atoms with van der Waals surface area (Å²) >= 11 is 1.59. The molecule has 3 rings (SSSR count). The Hall–Kier alpha value is -1.83. The van der Waals surface area contributed by atoms with E-state index in [-0.39, 0.29) is 12.6 Å². The number of rotatable bonds is 4. The van der Waals surface area contributed by atoms with Crippen molar-refractivity contribution in [3.05, 3.63) is 11.6 Å². The van der Waals surface area contributed by atoms with Crippen molar-refractivity contribution in [2.45, 2.75) is 12.8 Å². The van der Waals surface area contributed by atoms with Crippen LogP contribution < -0.4 is 10.2 Å². The Morgan fingerprint density at radius 1 is 1.33 bits per heavy atom. The highest BCUT2D eigenvalue weighted by atomic mass is 32.1. The molecule has 0 spiro atoms. The highest BCUT2D eigenvalue weighted by Gasteiger charge is 2.50. The molecule has 114 valence electrons. The van der Waals surface area contributed by atoms with Crippen molar-refractivity contribution in [1.82, 2.24) is 15.2 Å². The van der Waals surface area contributed by atoms with Crippen molar-refractivity contribution in [1.29, 1.82) is 0 Å². The molecule has 1 saturated heterocycles. The number of hydrogen-bond donors (Lipinski definition) is 2. The van der Waals surface area contributed by atoms with Gasteiger partial charge in [0.1, 0.15) is 0 Å². The van der Waals surface area contributed by atoms with Gasteiger partial charge in [-0.15, -0.1) is 11.3 Å². The van der Waals surface area contributed by atoms with E-state index in [1.165, 1.54) is 0 Å². The minimum Gasteiger partial charge on any atom is -0.481 e. The number of nitrogens with one attached hydrogen (secondary N) is 1. The second kappa shape index (κ2) is 5.51. The molecule has 0 unspecified atom stereocenters. The average Bonchev–Trinajstić information content (AvgIpc) is 3.10. The summed E-state index contributed by atoms with van der Waals surface area (Å²) in [6, 6.07) is -0.165. The predicted molar refractivity (Wildman–Crippen MR) is 78.6 cm³/mol. The fourth-order valence-corrected chi connectivity index (χ4v) is 3.14. The fourth-order valence-electron chi connectivity index (χ4n) is 2.45. The molecule has 0 aromatic carbocycles. The summed E-state index contributed by atoms with van der Waals surface area (Å²) in [7, 11) is 0.